The quantitative estimate of drug-likeness (QED) is 0.606. The fraction of sp³-hybridized carbons (Fsp3) is 0.385. The molecule has 0 fully saturated rings. The van der Waals surface area contributed by atoms with Gasteiger partial charge in [0.2, 0.25) is 0 Å². The van der Waals surface area contributed by atoms with Gasteiger partial charge in [-0.2, -0.15) is 0 Å². The second kappa shape index (κ2) is 3.37. The van der Waals surface area contributed by atoms with Crippen molar-refractivity contribution in [3.8, 4) is 0 Å². The summed E-state index contributed by atoms with van der Waals surface area (Å²) in [5.74, 6) is 0.668. The number of allylic oxidation sites excluding steroid dienone is 2. The van der Waals surface area contributed by atoms with Gasteiger partial charge in [-0.1, -0.05) is 44.2 Å². The third kappa shape index (κ3) is 1.67. The van der Waals surface area contributed by atoms with E-state index in [1.54, 1.807) is 5.57 Å². The molecule has 0 aromatic heterocycles. The molecule has 0 saturated carbocycles. The maximum atomic E-state index is 2.39. The predicted octanol–water partition coefficient (Wildman–Crippen LogP) is 3.67. The zero-order chi connectivity index (χ0) is 9.26. The first kappa shape index (κ1) is 8.55. The van der Waals surface area contributed by atoms with Gasteiger partial charge in [0, 0.05) is 0 Å². The SMILES string of the molecule is CC(C)/C=C1\CCc2ccccc21. The Bertz CT molecular complexity index is 332. The van der Waals surface area contributed by atoms with Crippen molar-refractivity contribution in [3.05, 3.63) is 41.5 Å². The highest BCUT2D eigenvalue weighted by atomic mass is 14.2. The lowest BCUT2D eigenvalue weighted by Gasteiger charge is -2.02. The van der Waals surface area contributed by atoms with Crippen LogP contribution in [-0.2, 0) is 6.42 Å². The highest BCUT2D eigenvalue weighted by molar-refractivity contribution is 5.72. The van der Waals surface area contributed by atoms with Gasteiger partial charge in [-0.3, -0.25) is 0 Å². The molecule has 0 heteroatoms. The number of rotatable bonds is 1. The molecule has 0 unspecified atom stereocenters. The Kier molecular flexibility index (Phi) is 2.22. The summed E-state index contributed by atoms with van der Waals surface area (Å²) in [6, 6.07) is 8.77. The van der Waals surface area contributed by atoms with Crippen molar-refractivity contribution < 1.29 is 0 Å². The summed E-state index contributed by atoms with van der Waals surface area (Å²) in [4.78, 5) is 0. The molecule has 0 aliphatic heterocycles. The maximum Gasteiger partial charge on any atom is -0.0195 e. The molecule has 1 aromatic rings. The molecule has 1 aliphatic carbocycles. The van der Waals surface area contributed by atoms with Crippen LogP contribution in [0.2, 0.25) is 0 Å². The molecule has 2 rings (SSSR count). The highest BCUT2D eigenvalue weighted by Gasteiger charge is 2.14. The minimum Gasteiger partial charge on any atom is -0.0781 e. The minimum atomic E-state index is 0.668. The summed E-state index contributed by atoms with van der Waals surface area (Å²) in [7, 11) is 0. The first-order valence-electron chi connectivity index (χ1n) is 5.06. The summed E-state index contributed by atoms with van der Waals surface area (Å²) in [5.41, 5.74) is 4.55. The zero-order valence-electron chi connectivity index (χ0n) is 8.38. The van der Waals surface area contributed by atoms with E-state index < -0.39 is 0 Å². The largest absolute Gasteiger partial charge is 0.0781 e. The van der Waals surface area contributed by atoms with Crippen LogP contribution in [0, 0.1) is 5.92 Å². The van der Waals surface area contributed by atoms with Crippen LogP contribution in [0.5, 0.6) is 0 Å². The van der Waals surface area contributed by atoms with Gasteiger partial charge in [0.05, 0.1) is 0 Å². The Balaban J connectivity index is 2.38. The van der Waals surface area contributed by atoms with Gasteiger partial charge < -0.3 is 0 Å². The summed E-state index contributed by atoms with van der Waals surface area (Å²) in [6.45, 7) is 4.49. The molecule has 1 aliphatic rings. The van der Waals surface area contributed by atoms with E-state index in [9.17, 15) is 0 Å². The lowest BCUT2D eigenvalue weighted by Crippen LogP contribution is -1.83. The van der Waals surface area contributed by atoms with Crippen molar-refractivity contribution in [2.24, 2.45) is 5.92 Å². The molecule has 0 atom stereocenters. The lowest BCUT2D eigenvalue weighted by molar-refractivity contribution is 0.830. The Hall–Kier alpha value is -1.04. The zero-order valence-corrected chi connectivity index (χ0v) is 8.38. The highest BCUT2D eigenvalue weighted by Crippen LogP contribution is 2.32. The molecule has 1 aromatic carbocycles. The number of aryl methyl sites for hydroxylation is 1. The molecular formula is C13H16. The van der Waals surface area contributed by atoms with E-state index in [1.165, 1.54) is 24.0 Å². The van der Waals surface area contributed by atoms with E-state index in [0.29, 0.717) is 5.92 Å². The average Bonchev–Trinajstić information content (AvgIpc) is 2.48. The Labute approximate surface area is 80.3 Å². The smallest absolute Gasteiger partial charge is 0.0195 e. The van der Waals surface area contributed by atoms with Gasteiger partial charge in [0.1, 0.15) is 0 Å². The number of fused-ring (bicyclic) bond motifs is 1. The van der Waals surface area contributed by atoms with Crippen molar-refractivity contribution in [2.75, 3.05) is 0 Å². The molecular weight excluding hydrogens is 156 g/mol. The van der Waals surface area contributed by atoms with Crippen molar-refractivity contribution in [1.29, 1.82) is 0 Å². The predicted molar refractivity (Wildman–Crippen MR) is 57.6 cm³/mol. The summed E-state index contributed by atoms with van der Waals surface area (Å²) in [5, 5.41) is 0. The Morgan fingerprint density at radius 2 is 1.92 bits per heavy atom. The van der Waals surface area contributed by atoms with Gasteiger partial charge in [-0.15, -0.1) is 0 Å². The molecule has 0 saturated heterocycles. The van der Waals surface area contributed by atoms with E-state index in [4.69, 9.17) is 0 Å². The molecule has 68 valence electrons. The molecule has 0 bridgehead atoms. The average molecular weight is 172 g/mol. The van der Waals surface area contributed by atoms with Crippen molar-refractivity contribution in [1.82, 2.24) is 0 Å². The van der Waals surface area contributed by atoms with E-state index in [-0.39, 0.29) is 0 Å². The maximum absolute atomic E-state index is 2.39. The van der Waals surface area contributed by atoms with Gasteiger partial charge in [-0.25, -0.2) is 0 Å². The number of hydrogen-bond donors (Lipinski definition) is 0. The van der Waals surface area contributed by atoms with Crippen LogP contribution in [0.1, 0.15) is 31.4 Å². The van der Waals surface area contributed by atoms with Gasteiger partial charge in [0.25, 0.3) is 0 Å². The van der Waals surface area contributed by atoms with Crippen LogP contribution < -0.4 is 0 Å². The third-order valence-electron chi connectivity index (χ3n) is 2.56. The standard InChI is InChI=1S/C13H16/c1-10(2)9-12-8-7-11-5-3-4-6-13(11)12/h3-6,9-10H,7-8H2,1-2H3/b12-9+. The van der Waals surface area contributed by atoms with Gasteiger partial charge in [0.15, 0.2) is 0 Å². The van der Waals surface area contributed by atoms with E-state index >= 15 is 0 Å². The number of benzene rings is 1. The summed E-state index contributed by atoms with van der Waals surface area (Å²) >= 11 is 0. The van der Waals surface area contributed by atoms with Gasteiger partial charge >= 0.3 is 0 Å². The molecule has 13 heavy (non-hydrogen) atoms. The second-order valence-electron chi connectivity index (χ2n) is 4.09. The van der Waals surface area contributed by atoms with Gasteiger partial charge in [-0.05, 0) is 35.5 Å². The minimum absolute atomic E-state index is 0.668. The fourth-order valence-corrected chi connectivity index (χ4v) is 2.03. The number of hydrogen-bond acceptors (Lipinski definition) is 0. The van der Waals surface area contributed by atoms with Crippen LogP contribution in [-0.4, -0.2) is 0 Å². The Morgan fingerprint density at radius 3 is 2.69 bits per heavy atom. The van der Waals surface area contributed by atoms with E-state index in [2.05, 4.69) is 44.2 Å². The lowest BCUT2D eigenvalue weighted by atomic mass is 10.0. The molecule has 0 spiro atoms. The third-order valence-corrected chi connectivity index (χ3v) is 2.56. The van der Waals surface area contributed by atoms with Crippen molar-refractivity contribution in [2.45, 2.75) is 26.7 Å². The van der Waals surface area contributed by atoms with Crippen LogP contribution in [0.15, 0.2) is 30.3 Å². The molecule has 0 amide bonds. The van der Waals surface area contributed by atoms with E-state index in [1.807, 2.05) is 0 Å². The molecule has 0 nitrogen and oxygen atoms in total. The van der Waals surface area contributed by atoms with Crippen molar-refractivity contribution >= 4 is 5.57 Å². The molecule has 0 heterocycles. The first-order chi connectivity index (χ1) is 6.27. The van der Waals surface area contributed by atoms with Crippen LogP contribution >= 0.6 is 0 Å². The van der Waals surface area contributed by atoms with Crippen LogP contribution in [0.25, 0.3) is 5.57 Å². The summed E-state index contributed by atoms with van der Waals surface area (Å²) < 4.78 is 0. The monoisotopic (exact) mass is 172 g/mol. The normalized spacial score (nSPS) is 18.2. The second-order valence-corrected chi connectivity index (χ2v) is 4.09. The van der Waals surface area contributed by atoms with E-state index in [0.717, 1.165) is 0 Å². The van der Waals surface area contributed by atoms with Crippen molar-refractivity contribution in [3.63, 3.8) is 0 Å². The molecule has 0 N–H and O–H groups in total. The Morgan fingerprint density at radius 1 is 1.15 bits per heavy atom. The van der Waals surface area contributed by atoms with Crippen LogP contribution in [0.3, 0.4) is 0 Å². The molecule has 0 radical (unpaired) electrons. The van der Waals surface area contributed by atoms with Crippen LogP contribution in [0.4, 0.5) is 0 Å². The fourth-order valence-electron chi connectivity index (χ4n) is 2.03. The first-order valence-corrected chi connectivity index (χ1v) is 5.06. The topological polar surface area (TPSA) is 0 Å². The summed E-state index contributed by atoms with van der Waals surface area (Å²) in [6.07, 6.45) is 4.86.